The molecule has 6 heteroatoms. The summed E-state index contributed by atoms with van der Waals surface area (Å²) >= 11 is 0. The smallest absolute Gasteiger partial charge is 0.254 e. The number of amides is 1. The van der Waals surface area contributed by atoms with Gasteiger partial charge in [0.2, 0.25) is 0 Å². The second-order valence-electron chi connectivity index (χ2n) is 4.32. The zero-order chi connectivity index (χ0) is 14.5. The standard InChI is InChI=1S/C14H15FN4O/c1-9(10-3-2-4-11(15)7-10)18-14(20)12-5-6-17-8-13(12)19-16/h2-9,19H,16H2,1H3,(H,18,20). The van der Waals surface area contributed by atoms with Gasteiger partial charge in [0.15, 0.2) is 0 Å². The fourth-order valence-corrected chi connectivity index (χ4v) is 1.84. The minimum absolute atomic E-state index is 0.308. The van der Waals surface area contributed by atoms with Crippen LogP contribution in [-0.4, -0.2) is 10.9 Å². The lowest BCUT2D eigenvalue weighted by Gasteiger charge is -2.15. The third-order valence-electron chi connectivity index (χ3n) is 2.92. The van der Waals surface area contributed by atoms with Crippen LogP contribution in [0, 0.1) is 5.82 Å². The van der Waals surface area contributed by atoms with E-state index < -0.39 is 0 Å². The summed E-state index contributed by atoms with van der Waals surface area (Å²) in [6.45, 7) is 1.78. The molecule has 0 fully saturated rings. The van der Waals surface area contributed by atoms with Crippen molar-refractivity contribution in [3.05, 3.63) is 59.7 Å². The van der Waals surface area contributed by atoms with Crippen LogP contribution in [0.4, 0.5) is 10.1 Å². The molecular formula is C14H15FN4O. The maximum Gasteiger partial charge on any atom is 0.254 e. The first kappa shape index (κ1) is 14.0. The van der Waals surface area contributed by atoms with E-state index in [4.69, 9.17) is 5.84 Å². The van der Waals surface area contributed by atoms with Crippen molar-refractivity contribution in [1.82, 2.24) is 10.3 Å². The highest BCUT2D eigenvalue weighted by Gasteiger charge is 2.14. The van der Waals surface area contributed by atoms with Gasteiger partial charge in [-0.3, -0.25) is 15.6 Å². The Balaban J connectivity index is 2.15. The molecule has 0 spiro atoms. The summed E-state index contributed by atoms with van der Waals surface area (Å²) in [5.74, 6) is 4.69. The van der Waals surface area contributed by atoms with Gasteiger partial charge in [-0.25, -0.2) is 4.39 Å². The molecule has 1 unspecified atom stereocenters. The third-order valence-corrected chi connectivity index (χ3v) is 2.92. The molecule has 1 heterocycles. The molecule has 104 valence electrons. The largest absolute Gasteiger partial charge is 0.345 e. The quantitative estimate of drug-likeness (QED) is 0.588. The molecule has 0 saturated heterocycles. The van der Waals surface area contributed by atoms with E-state index in [9.17, 15) is 9.18 Å². The summed E-state index contributed by atoms with van der Waals surface area (Å²) in [7, 11) is 0. The maximum atomic E-state index is 13.2. The lowest BCUT2D eigenvalue weighted by atomic mass is 10.1. The van der Waals surface area contributed by atoms with Crippen LogP contribution in [-0.2, 0) is 0 Å². The van der Waals surface area contributed by atoms with Crippen molar-refractivity contribution in [1.29, 1.82) is 0 Å². The van der Waals surface area contributed by atoms with E-state index in [1.165, 1.54) is 24.5 Å². The molecule has 0 aliphatic carbocycles. The molecule has 1 aromatic carbocycles. The van der Waals surface area contributed by atoms with Gasteiger partial charge in [-0.15, -0.1) is 0 Å². The second-order valence-corrected chi connectivity index (χ2v) is 4.32. The molecule has 0 aliphatic rings. The van der Waals surface area contributed by atoms with E-state index in [1.807, 2.05) is 0 Å². The molecule has 1 atom stereocenters. The van der Waals surface area contributed by atoms with Gasteiger partial charge in [0.25, 0.3) is 5.91 Å². The molecule has 2 rings (SSSR count). The van der Waals surface area contributed by atoms with E-state index >= 15 is 0 Å². The van der Waals surface area contributed by atoms with E-state index in [1.54, 1.807) is 25.1 Å². The van der Waals surface area contributed by atoms with Gasteiger partial charge in [0.05, 0.1) is 23.5 Å². The Labute approximate surface area is 116 Å². The molecule has 0 radical (unpaired) electrons. The van der Waals surface area contributed by atoms with E-state index in [0.717, 1.165) is 0 Å². The van der Waals surface area contributed by atoms with Gasteiger partial charge in [-0.1, -0.05) is 12.1 Å². The number of anilines is 1. The van der Waals surface area contributed by atoms with Gasteiger partial charge in [-0.2, -0.15) is 0 Å². The number of benzene rings is 1. The number of halogens is 1. The van der Waals surface area contributed by atoms with E-state index in [0.29, 0.717) is 16.8 Å². The minimum Gasteiger partial charge on any atom is -0.345 e. The molecule has 5 nitrogen and oxygen atoms in total. The van der Waals surface area contributed by atoms with Crippen LogP contribution >= 0.6 is 0 Å². The highest BCUT2D eigenvalue weighted by molar-refractivity contribution is 5.99. The Kier molecular flexibility index (Phi) is 4.27. The van der Waals surface area contributed by atoms with Crippen molar-refractivity contribution in [2.45, 2.75) is 13.0 Å². The predicted molar refractivity (Wildman–Crippen MR) is 74.3 cm³/mol. The first-order valence-corrected chi connectivity index (χ1v) is 6.08. The van der Waals surface area contributed by atoms with Gasteiger partial charge in [-0.05, 0) is 30.7 Å². The average molecular weight is 274 g/mol. The predicted octanol–water partition coefficient (Wildman–Crippen LogP) is 2.00. The number of rotatable bonds is 4. The van der Waals surface area contributed by atoms with Crippen molar-refractivity contribution < 1.29 is 9.18 Å². The number of carbonyl (C=O) groups excluding carboxylic acids is 1. The number of hydrogen-bond donors (Lipinski definition) is 3. The highest BCUT2D eigenvalue weighted by Crippen LogP contribution is 2.16. The zero-order valence-corrected chi connectivity index (χ0v) is 10.9. The maximum absolute atomic E-state index is 13.2. The van der Waals surface area contributed by atoms with Crippen LogP contribution in [0.1, 0.15) is 28.9 Å². The van der Waals surface area contributed by atoms with E-state index in [2.05, 4.69) is 15.7 Å². The molecule has 1 aromatic heterocycles. The number of aromatic nitrogens is 1. The number of nitrogens with two attached hydrogens (primary N) is 1. The van der Waals surface area contributed by atoms with Crippen LogP contribution < -0.4 is 16.6 Å². The van der Waals surface area contributed by atoms with Crippen LogP contribution in [0.3, 0.4) is 0 Å². The highest BCUT2D eigenvalue weighted by atomic mass is 19.1. The molecule has 2 aromatic rings. The van der Waals surface area contributed by atoms with Crippen molar-refractivity contribution in [2.75, 3.05) is 5.43 Å². The summed E-state index contributed by atoms with van der Waals surface area (Å²) in [5, 5.41) is 2.79. The topological polar surface area (TPSA) is 80.0 Å². The normalized spacial score (nSPS) is 11.8. The van der Waals surface area contributed by atoms with Gasteiger partial charge in [0.1, 0.15) is 5.82 Å². The van der Waals surface area contributed by atoms with Crippen molar-refractivity contribution in [3.8, 4) is 0 Å². The minimum atomic E-state index is -0.336. The lowest BCUT2D eigenvalue weighted by molar-refractivity contribution is 0.0940. The molecular weight excluding hydrogens is 259 g/mol. The Morgan fingerprint density at radius 3 is 2.90 bits per heavy atom. The van der Waals surface area contributed by atoms with Crippen molar-refractivity contribution >= 4 is 11.6 Å². The molecule has 20 heavy (non-hydrogen) atoms. The monoisotopic (exact) mass is 274 g/mol. The summed E-state index contributed by atoms with van der Waals surface area (Å²) in [6, 6.07) is 7.34. The zero-order valence-electron chi connectivity index (χ0n) is 10.9. The Hall–Kier alpha value is -2.47. The molecule has 4 N–H and O–H groups in total. The third kappa shape index (κ3) is 3.10. The fraction of sp³-hybridized carbons (Fsp3) is 0.143. The van der Waals surface area contributed by atoms with E-state index in [-0.39, 0.29) is 17.8 Å². The number of nitrogens with one attached hydrogen (secondary N) is 2. The van der Waals surface area contributed by atoms with Crippen molar-refractivity contribution in [3.63, 3.8) is 0 Å². The number of nitrogen functional groups attached to an aromatic ring is 1. The summed E-state index contributed by atoms with van der Waals surface area (Å²) in [6.07, 6.45) is 2.96. The van der Waals surface area contributed by atoms with Crippen LogP contribution in [0.5, 0.6) is 0 Å². The van der Waals surface area contributed by atoms with Gasteiger partial charge in [0, 0.05) is 6.20 Å². The Morgan fingerprint density at radius 2 is 2.20 bits per heavy atom. The summed E-state index contributed by atoms with van der Waals surface area (Å²) in [4.78, 5) is 16.0. The SMILES string of the molecule is CC(NC(=O)c1ccncc1NN)c1cccc(F)c1. The average Bonchev–Trinajstić information content (AvgIpc) is 2.47. The van der Waals surface area contributed by atoms with Gasteiger partial charge >= 0.3 is 0 Å². The summed E-state index contributed by atoms with van der Waals surface area (Å²) < 4.78 is 13.2. The Bertz CT molecular complexity index is 618. The van der Waals surface area contributed by atoms with Gasteiger partial charge < -0.3 is 10.7 Å². The van der Waals surface area contributed by atoms with Crippen LogP contribution in [0.15, 0.2) is 42.7 Å². The molecule has 0 aliphatic heterocycles. The Morgan fingerprint density at radius 1 is 1.40 bits per heavy atom. The number of nitrogens with zero attached hydrogens (tertiary/aromatic N) is 1. The first-order valence-electron chi connectivity index (χ1n) is 6.08. The number of hydrazine groups is 1. The van der Waals surface area contributed by atoms with Crippen molar-refractivity contribution in [2.24, 2.45) is 5.84 Å². The first-order chi connectivity index (χ1) is 9.61. The molecule has 0 bridgehead atoms. The van der Waals surface area contributed by atoms with Crippen LogP contribution in [0.25, 0.3) is 0 Å². The molecule has 0 saturated carbocycles. The van der Waals surface area contributed by atoms with Crippen LogP contribution in [0.2, 0.25) is 0 Å². The molecule has 1 amide bonds. The number of carbonyl (C=O) groups is 1. The number of pyridine rings is 1. The number of hydrogen-bond acceptors (Lipinski definition) is 4. The second kappa shape index (κ2) is 6.12. The lowest BCUT2D eigenvalue weighted by Crippen LogP contribution is -2.28. The fourth-order valence-electron chi connectivity index (χ4n) is 1.84. The summed E-state index contributed by atoms with van der Waals surface area (Å²) in [5.41, 5.74) is 3.91.